The molecule has 0 aliphatic carbocycles. The topological polar surface area (TPSA) is 63.9 Å². The average molecular weight is 532 g/mol. The Morgan fingerprint density at radius 2 is 1.81 bits per heavy atom. The van der Waals surface area contributed by atoms with Gasteiger partial charge in [0.05, 0.1) is 17.0 Å². The first kappa shape index (κ1) is 25.9. The molecule has 6 nitrogen and oxygen atoms in total. The molecule has 2 heterocycles. The lowest BCUT2D eigenvalue weighted by Gasteiger charge is -2.16. The fourth-order valence-electron chi connectivity index (χ4n) is 3.64. The number of nitrogens with zero attached hydrogens (tertiary/aromatic N) is 5. The van der Waals surface area contributed by atoms with Gasteiger partial charge in [0.15, 0.2) is 5.16 Å². The Morgan fingerprint density at radius 1 is 1.06 bits per heavy atom. The summed E-state index contributed by atoms with van der Waals surface area (Å²) in [5.74, 6) is 0.808. The van der Waals surface area contributed by atoms with Crippen molar-refractivity contribution in [2.75, 3.05) is 13.1 Å². The van der Waals surface area contributed by atoms with Gasteiger partial charge in [-0.15, -0.1) is 21.5 Å². The van der Waals surface area contributed by atoms with Crippen molar-refractivity contribution in [3.63, 3.8) is 0 Å². The van der Waals surface area contributed by atoms with Crippen molar-refractivity contribution in [2.24, 2.45) is 0 Å². The van der Waals surface area contributed by atoms with Crippen LogP contribution >= 0.6 is 23.1 Å². The summed E-state index contributed by atoms with van der Waals surface area (Å²) in [4.78, 5) is 18.7. The van der Waals surface area contributed by atoms with Crippen molar-refractivity contribution in [3.8, 4) is 5.69 Å². The van der Waals surface area contributed by atoms with Crippen molar-refractivity contribution in [1.82, 2.24) is 24.6 Å². The average Bonchev–Trinajstić information content (AvgIpc) is 3.51. The molecule has 4 rings (SSSR count). The van der Waals surface area contributed by atoms with E-state index in [4.69, 9.17) is 0 Å². The molecule has 0 aliphatic heterocycles. The van der Waals surface area contributed by atoms with Crippen LogP contribution < -0.4 is 0 Å². The lowest BCUT2D eigenvalue weighted by atomic mass is 10.1. The summed E-state index contributed by atoms with van der Waals surface area (Å²) in [7, 11) is 0. The monoisotopic (exact) mass is 531 g/mol. The molecule has 4 aromatic rings. The van der Waals surface area contributed by atoms with Crippen LogP contribution in [0.1, 0.15) is 46.3 Å². The number of alkyl halides is 3. The van der Waals surface area contributed by atoms with Gasteiger partial charge in [0.25, 0.3) is 5.91 Å². The van der Waals surface area contributed by atoms with Gasteiger partial charge in [0, 0.05) is 24.9 Å². The molecule has 0 unspecified atom stereocenters. The number of thiazole rings is 1. The van der Waals surface area contributed by atoms with Crippen LogP contribution in [0, 0.1) is 0 Å². The zero-order valence-corrected chi connectivity index (χ0v) is 21.3. The quantitative estimate of drug-likeness (QED) is 0.244. The second-order valence-electron chi connectivity index (χ2n) is 7.84. The molecular weight excluding hydrogens is 507 g/mol. The lowest BCUT2D eigenvalue weighted by molar-refractivity contribution is -0.137. The van der Waals surface area contributed by atoms with E-state index < -0.39 is 11.7 Å². The number of hydrogen-bond acceptors (Lipinski definition) is 6. The van der Waals surface area contributed by atoms with Gasteiger partial charge in [-0.25, -0.2) is 4.98 Å². The van der Waals surface area contributed by atoms with E-state index in [1.54, 1.807) is 20.9 Å². The lowest BCUT2D eigenvalue weighted by Crippen LogP contribution is -2.30. The van der Waals surface area contributed by atoms with Crippen LogP contribution in [0.5, 0.6) is 0 Å². The molecule has 0 fully saturated rings. The smallest absolute Gasteiger partial charge is 0.338 e. The zero-order chi connectivity index (χ0) is 25.7. The minimum atomic E-state index is -4.47. The number of hydrogen-bond donors (Lipinski definition) is 0. The first-order valence-electron chi connectivity index (χ1n) is 11.3. The summed E-state index contributed by atoms with van der Waals surface area (Å²) < 4.78 is 41.9. The van der Waals surface area contributed by atoms with E-state index in [1.165, 1.54) is 29.2 Å². The fourth-order valence-corrected chi connectivity index (χ4v) is 5.40. The molecule has 0 aliphatic rings. The van der Waals surface area contributed by atoms with Gasteiger partial charge in [-0.2, -0.15) is 13.2 Å². The molecule has 0 spiro atoms. The third-order valence-electron chi connectivity index (χ3n) is 5.48. The molecule has 0 atom stereocenters. The summed E-state index contributed by atoms with van der Waals surface area (Å²) in [5.41, 5.74) is 0.951. The van der Waals surface area contributed by atoms with E-state index in [1.807, 2.05) is 44.2 Å². The third kappa shape index (κ3) is 5.96. The summed E-state index contributed by atoms with van der Waals surface area (Å²) in [5, 5.41) is 11.5. The number of aromatic nitrogens is 4. The number of amides is 1. The summed E-state index contributed by atoms with van der Waals surface area (Å²) in [6.45, 7) is 5.03. The van der Waals surface area contributed by atoms with Crippen LogP contribution in [0.2, 0.25) is 0 Å². The van der Waals surface area contributed by atoms with Gasteiger partial charge in [-0.1, -0.05) is 48.2 Å². The van der Waals surface area contributed by atoms with Crippen LogP contribution in [0.15, 0.2) is 65.1 Å². The van der Waals surface area contributed by atoms with Crippen molar-refractivity contribution in [1.29, 1.82) is 0 Å². The molecule has 1 amide bonds. The van der Waals surface area contributed by atoms with Gasteiger partial charge in [0.2, 0.25) is 0 Å². The molecular formula is C25H24F3N5OS2. The van der Waals surface area contributed by atoms with E-state index in [0.29, 0.717) is 47.6 Å². The number of halogens is 3. The Balaban J connectivity index is 1.63. The highest BCUT2D eigenvalue weighted by atomic mass is 32.2. The van der Waals surface area contributed by atoms with Gasteiger partial charge < -0.3 is 4.90 Å². The van der Waals surface area contributed by atoms with E-state index in [2.05, 4.69) is 15.2 Å². The molecule has 36 heavy (non-hydrogen) atoms. The van der Waals surface area contributed by atoms with Crippen LogP contribution in [-0.2, 0) is 18.3 Å². The molecule has 11 heteroatoms. The molecule has 2 aromatic heterocycles. The largest absolute Gasteiger partial charge is 0.416 e. The number of carbonyl (C=O) groups excluding carboxylic acids is 1. The van der Waals surface area contributed by atoms with Crippen LogP contribution in [0.3, 0.4) is 0 Å². The van der Waals surface area contributed by atoms with E-state index >= 15 is 0 Å². The van der Waals surface area contributed by atoms with Crippen molar-refractivity contribution in [3.05, 3.63) is 87.6 Å². The van der Waals surface area contributed by atoms with Crippen molar-refractivity contribution < 1.29 is 18.0 Å². The van der Waals surface area contributed by atoms with E-state index in [9.17, 15) is 18.0 Å². The number of rotatable bonds is 9. The number of thioether (sulfide) groups is 1. The molecule has 0 bridgehead atoms. The Hall–Kier alpha value is -3.18. The predicted molar refractivity (Wildman–Crippen MR) is 135 cm³/mol. The zero-order valence-electron chi connectivity index (χ0n) is 19.7. The van der Waals surface area contributed by atoms with Crippen LogP contribution in [0.25, 0.3) is 5.69 Å². The minimum Gasteiger partial charge on any atom is -0.338 e. The SMILES string of the molecule is CCN(CC)C(=O)c1csc(CSc2nnc(Cc3ccccc3)n2-c2cccc(C(F)(F)F)c2)n1. The molecule has 0 saturated heterocycles. The van der Waals surface area contributed by atoms with Gasteiger partial charge in [-0.05, 0) is 37.6 Å². The highest BCUT2D eigenvalue weighted by Gasteiger charge is 2.31. The molecule has 0 N–H and O–H groups in total. The normalized spacial score (nSPS) is 11.6. The van der Waals surface area contributed by atoms with Crippen molar-refractivity contribution in [2.45, 2.75) is 37.4 Å². The molecule has 2 aromatic carbocycles. The molecule has 0 radical (unpaired) electrons. The summed E-state index contributed by atoms with van der Waals surface area (Å²) in [6.07, 6.45) is -4.06. The minimum absolute atomic E-state index is 0.121. The van der Waals surface area contributed by atoms with Gasteiger partial charge in [0.1, 0.15) is 16.5 Å². The van der Waals surface area contributed by atoms with E-state index in [0.717, 1.165) is 22.7 Å². The van der Waals surface area contributed by atoms with Crippen LogP contribution in [0.4, 0.5) is 13.2 Å². The highest BCUT2D eigenvalue weighted by molar-refractivity contribution is 7.98. The fraction of sp³-hybridized carbons (Fsp3) is 0.280. The van der Waals surface area contributed by atoms with Crippen LogP contribution in [-0.4, -0.2) is 43.6 Å². The maximum Gasteiger partial charge on any atom is 0.416 e. The summed E-state index contributed by atoms with van der Waals surface area (Å²) in [6, 6.07) is 14.7. The number of benzene rings is 2. The summed E-state index contributed by atoms with van der Waals surface area (Å²) >= 11 is 2.68. The standard InChI is InChI=1S/C25H24F3N5OS2/c1-3-32(4-2)23(34)20-15-35-22(29-20)16-36-24-31-30-21(13-17-9-6-5-7-10-17)33(24)19-12-8-11-18(14-19)25(26,27)28/h5-12,14-15H,3-4,13,16H2,1-2H3. The van der Waals surface area contributed by atoms with Gasteiger partial charge in [-0.3, -0.25) is 9.36 Å². The third-order valence-corrected chi connectivity index (χ3v) is 7.46. The maximum atomic E-state index is 13.4. The van der Waals surface area contributed by atoms with E-state index in [-0.39, 0.29) is 5.91 Å². The molecule has 188 valence electrons. The Labute approximate surface area is 215 Å². The second-order valence-corrected chi connectivity index (χ2v) is 9.72. The predicted octanol–water partition coefficient (Wildman–Crippen LogP) is 6.11. The Kier molecular flexibility index (Phi) is 8.10. The second kappa shape index (κ2) is 11.3. The molecule has 0 saturated carbocycles. The van der Waals surface area contributed by atoms with Gasteiger partial charge >= 0.3 is 6.18 Å². The first-order chi connectivity index (χ1) is 17.3. The number of carbonyl (C=O) groups is 1. The van der Waals surface area contributed by atoms with Crippen molar-refractivity contribution >= 4 is 29.0 Å². The first-order valence-corrected chi connectivity index (χ1v) is 13.2. The highest BCUT2D eigenvalue weighted by Crippen LogP contribution is 2.33. The maximum absolute atomic E-state index is 13.4. The Morgan fingerprint density at radius 3 is 2.50 bits per heavy atom. The Bertz CT molecular complexity index is 1320.